The molecule has 0 unspecified atom stereocenters. The maximum atomic E-state index is 10.1. The highest BCUT2D eigenvalue weighted by molar-refractivity contribution is 5.90. The van der Waals surface area contributed by atoms with Gasteiger partial charge < -0.3 is 5.11 Å². The molecule has 1 N–H and O–H groups in total. The van der Waals surface area contributed by atoms with Crippen LogP contribution >= 0.6 is 0 Å². The Morgan fingerprint density at radius 2 is 1.80 bits per heavy atom. The van der Waals surface area contributed by atoms with Crippen LogP contribution in [0.4, 0.5) is 0 Å². The van der Waals surface area contributed by atoms with Crippen LogP contribution in [0.3, 0.4) is 0 Å². The molecule has 15 heavy (non-hydrogen) atoms. The van der Waals surface area contributed by atoms with Gasteiger partial charge in [0, 0.05) is 5.39 Å². The summed E-state index contributed by atoms with van der Waals surface area (Å²) in [7, 11) is 0. The van der Waals surface area contributed by atoms with Gasteiger partial charge in [-0.25, -0.2) is 0 Å². The summed E-state index contributed by atoms with van der Waals surface area (Å²) in [5.74, 6) is 0.873. The summed E-state index contributed by atoms with van der Waals surface area (Å²) in [5.41, 5.74) is 2.23. The molecule has 1 heteroatoms. The van der Waals surface area contributed by atoms with Gasteiger partial charge in [0.25, 0.3) is 0 Å². The van der Waals surface area contributed by atoms with E-state index in [9.17, 15) is 5.11 Å². The van der Waals surface area contributed by atoms with Crippen LogP contribution < -0.4 is 0 Å². The van der Waals surface area contributed by atoms with Crippen LogP contribution in [-0.2, 0) is 0 Å². The van der Waals surface area contributed by atoms with Gasteiger partial charge in [0.05, 0.1) is 0 Å². The first-order valence-corrected chi connectivity index (χ1v) is 5.32. The molecule has 0 spiro atoms. The molecule has 0 aromatic heterocycles. The molecule has 0 fully saturated rings. The van der Waals surface area contributed by atoms with Gasteiger partial charge in [0.1, 0.15) is 5.75 Å². The first-order chi connectivity index (χ1) is 7.11. The second-order valence-electron chi connectivity index (χ2n) is 4.32. The Bertz CT molecular complexity index is 498. The van der Waals surface area contributed by atoms with Crippen molar-refractivity contribution in [2.45, 2.75) is 26.7 Å². The summed E-state index contributed by atoms with van der Waals surface area (Å²) < 4.78 is 0. The second kappa shape index (κ2) is 3.58. The Labute approximate surface area is 90.4 Å². The summed E-state index contributed by atoms with van der Waals surface area (Å²) in [6, 6.07) is 10.1. The predicted molar refractivity (Wildman–Crippen MR) is 64.4 cm³/mol. The molecule has 0 radical (unpaired) electrons. The zero-order chi connectivity index (χ0) is 11.0. The van der Waals surface area contributed by atoms with Gasteiger partial charge in [-0.05, 0) is 29.4 Å². The first kappa shape index (κ1) is 10.0. The maximum Gasteiger partial charge on any atom is 0.126 e. The van der Waals surface area contributed by atoms with Crippen LogP contribution in [0.25, 0.3) is 10.8 Å². The zero-order valence-corrected chi connectivity index (χ0v) is 9.41. The Balaban J connectivity index is 2.82. The third-order valence-electron chi connectivity index (χ3n) is 2.94. The number of hydrogen-bond acceptors (Lipinski definition) is 1. The summed E-state index contributed by atoms with van der Waals surface area (Å²) in [6.45, 7) is 6.28. The van der Waals surface area contributed by atoms with Crippen LogP contribution in [0.15, 0.2) is 30.3 Å². The predicted octanol–water partition coefficient (Wildman–Crippen LogP) is 3.98. The van der Waals surface area contributed by atoms with Crippen molar-refractivity contribution in [1.29, 1.82) is 0 Å². The molecular weight excluding hydrogens is 184 g/mol. The molecule has 0 aliphatic rings. The number of aromatic hydroxyl groups is 1. The highest BCUT2D eigenvalue weighted by atomic mass is 16.3. The third kappa shape index (κ3) is 1.58. The van der Waals surface area contributed by atoms with Gasteiger partial charge in [0.15, 0.2) is 0 Å². The van der Waals surface area contributed by atoms with E-state index in [4.69, 9.17) is 0 Å². The van der Waals surface area contributed by atoms with Gasteiger partial charge in [-0.3, -0.25) is 0 Å². The van der Waals surface area contributed by atoms with E-state index in [-0.39, 0.29) is 0 Å². The quantitative estimate of drug-likeness (QED) is 0.738. The lowest BCUT2D eigenvalue weighted by molar-refractivity contribution is 0.476. The van der Waals surface area contributed by atoms with Crippen molar-refractivity contribution in [3.8, 4) is 5.75 Å². The van der Waals surface area contributed by atoms with Gasteiger partial charge in [0.2, 0.25) is 0 Å². The molecule has 0 aliphatic carbocycles. The molecule has 2 rings (SSSR count). The van der Waals surface area contributed by atoms with Crippen molar-refractivity contribution in [3.05, 3.63) is 41.5 Å². The molecule has 2 aromatic rings. The number of phenols is 1. The zero-order valence-electron chi connectivity index (χ0n) is 9.41. The fraction of sp³-hybridized carbons (Fsp3) is 0.286. The lowest BCUT2D eigenvalue weighted by Gasteiger charge is -2.13. The Kier molecular flexibility index (Phi) is 2.39. The van der Waals surface area contributed by atoms with Crippen LogP contribution in [0.1, 0.15) is 30.9 Å². The fourth-order valence-corrected chi connectivity index (χ4v) is 2.05. The maximum absolute atomic E-state index is 10.1. The highest BCUT2D eigenvalue weighted by Crippen LogP contribution is 2.34. The minimum atomic E-state index is 0.428. The van der Waals surface area contributed by atoms with Crippen molar-refractivity contribution in [3.63, 3.8) is 0 Å². The summed E-state index contributed by atoms with van der Waals surface area (Å²) in [4.78, 5) is 0. The average Bonchev–Trinajstić information content (AvgIpc) is 2.23. The smallest absolute Gasteiger partial charge is 0.126 e. The van der Waals surface area contributed by atoms with E-state index < -0.39 is 0 Å². The third-order valence-corrected chi connectivity index (χ3v) is 2.94. The highest BCUT2D eigenvalue weighted by Gasteiger charge is 2.10. The van der Waals surface area contributed by atoms with Crippen LogP contribution in [0.5, 0.6) is 5.75 Å². The largest absolute Gasteiger partial charge is 0.507 e. The normalized spacial score (nSPS) is 11.2. The molecule has 1 nitrogen and oxygen atoms in total. The standard InChI is InChI=1S/C14H16O/c1-9(2)13-8-11-6-4-5-7-12(11)14(15)10(13)3/h4-9,15H,1-3H3. The van der Waals surface area contributed by atoms with Crippen molar-refractivity contribution in [1.82, 2.24) is 0 Å². The minimum Gasteiger partial charge on any atom is -0.507 e. The summed E-state index contributed by atoms with van der Waals surface area (Å²) >= 11 is 0. The van der Waals surface area contributed by atoms with E-state index >= 15 is 0 Å². The van der Waals surface area contributed by atoms with Gasteiger partial charge in [-0.15, -0.1) is 0 Å². The van der Waals surface area contributed by atoms with Crippen molar-refractivity contribution < 1.29 is 5.11 Å². The lowest BCUT2D eigenvalue weighted by Crippen LogP contribution is -1.93. The van der Waals surface area contributed by atoms with Crippen molar-refractivity contribution >= 4 is 10.8 Å². The number of hydrogen-bond donors (Lipinski definition) is 1. The van der Waals surface area contributed by atoms with Crippen LogP contribution in [-0.4, -0.2) is 5.11 Å². The SMILES string of the molecule is Cc1c(C(C)C)cc2ccccc2c1O. The van der Waals surface area contributed by atoms with Crippen molar-refractivity contribution in [2.24, 2.45) is 0 Å². The van der Waals surface area contributed by atoms with Crippen LogP contribution in [0, 0.1) is 6.92 Å². The average molecular weight is 200 g/mol. The molecular formula is C14H16O. The Morgan fingerprint density at radius 1 is 1.13 bits per heavy atom. The van der Waals surface area contributed by atoms with Gasteiger partial charge in [-0.1, -0.05) is 44.2 Å². The van der Waals surface area contributed by atoms with Crippen LogP contribution in [0.2, 0.25) is 0 Å². The van der Waals surface area contributed by atoms with Crippen molar-refractivity contribution in [2.75, 3.05) is 0 Å². The number of benzene rings is 2. The Hall–Kier alpha value is -1.50. The van der Waals surface area contributed by atoms with E-state index in [1.54, 1.807) is 0 Å². The fourth-order valence-electron chi connectivity index (χ4n) is 2.05. The second-order valence-corrected chi connectivity index (χ2v) is 4.32. The molecule has 0 saturated carbocycles. The Morgan fingerprint density at radius 3 is 2.47 bits per heavy atom. The van der Waals surface area contributed by atoms with E-state index in [0.29, 0.717) is 11.7 Å². The summed E-state index contributed by atoms with van der Waals surface area (Å²) in [6.07, 6.45) is 0. The van der Waals surface area contributed by atoms with E-state index in [1.165, 1.54) is 5.56 Å². The van der Waals surface area contributed by atoms with Gasteiger partial charge in [-0.2, -0.15) is 0 Å². The van der Waals surface area contributed by atoms with Gasteiger partial charge >= 0.3 is 0 Å². The molecule has 0 atom stereocenters. The van der Waals surface area contributed by atoms with E-state index in [0.717, 1.165) is 16.3 Å². The molecule has 78 valence electrons. The number of rotatable bonds is 1. The number of fused-ring (bicyclic) bond motifs is 1. The molecule has 0 heterocycles. The number of phenolic OH excluding ortho intramolecular Hbond substituents is 1. The molecule has 0 aliphatic heterocycles. The first-order valence-electron chi connectivity index (χ1n) is 5.32. The topological polar surface area (TPSA) is 20.2 Å². The summed E-state index contributed by atoms with van der Waals surface area (Å²) in [5, 5.41) is 12.1. The minimum absolute atomic E-state index is 0.428. The molecule has 2 aromatic carbocycles. The molecule has 0 bridgehead atoms. The van der Waals surface area contributed by atoms with E-state index in [2.05, 4.69) is 19.9 Å². The monoisotopic (exact) mass is 200 g/mol. The van der Waals surface area contributed by atoms with E-state index in [1.807, 2.05) is 31.2 Å². The molecule has 0 saturated heterocycles. The lowest BCUT2D eigenvalue weighted by atomic mass is 9.93. The molecule has 0 amide bonds.